The molecule has 0 spiro atoms. The summed E-state index contributed by atoms with van der Waals surface area (Å²) in [4.78, 5) is 38.2. The van der Waals surface area contributed by atoms with Gasteiger partial charge in [-0.1, -0.05) is 23.2 Å². The Labute approximate surface area is 149 Å². The molecule has 9 heteroatoms. The van der Waals surface area contributed by atoms with Crippen molar-refractivity contribution in [1.29, 1.82) is 0 Å². The number of halogens is 2. The Balaban J connectivity index is 1.83. The van der Waals surface area contributed by atoms with Crippen molar-refractivity contribution >= 4 is 41.0 Å². The Morgan fingerprint density at radius 3 is 2.38 bits per heavy atom. The lowest BCUT2D eigenvalue weighted by atomic mass is 10.1. The molecule has 0 saturated carbocycles. The van der Waals surface area contributed by atoms with Crippen LogP contribution in [0.4, 0.5) is 4.79 Å². The van der Waals surface area contributed by atoms with Crippen LogP contribution in [0.25, 0.3) is 0 Å². The quantitative estimate of drug-likeness (QED) is 0.833. The van der Waals surface area contributed by atoms with Crippen molar-refractivity contribution in [2.45, 2.75) is 6.42 Å². The zero-order valence-electron chi connectivity index (χ0n) is 12.9. The van der Waals surface area contributed by atoms with Crippen LogP contribution < -0.4 is 11.1 Å². The molecule has 0 radical (unpaired) electrons. The van der Waals surface area contributed by atoms with Crippen LogP contribution in [-0.2, 0) is 4.79 Å². The van der Waals surface area contributed by atoms with Crippen molar-refractivity contribution in [3.05, 3.63) is 33.8 Å². The number of hydrogen-bond donors (Lipinski definition) is 2. The number of imide groups is 1. The summed E-state index contributed by atoms with van der Waals surface area (Å²) >= 11 is 11.9. The van der Waals surface area contributed by atoms with Crippen molar-refractivity contribution in [3.8, 4) is 0 Å². The van der Waals surface area contributed by atoms with Gasteiger partial charge in [0.1, 0.15) is 0 Å². The summed E-state index contributed by atoms with van der Waals surface area (Å²) < 4.78 is 0. The predicted octanol–water partition coefficient (Wildman–Crippen LogP) is 1.34. The fourth-order valence-electron chi connectivity index (χ4n) is 2.47. The minimum atomic E-state index is -0.852. The average Bonchev–Trinajstić information content (AvgIpc) is 2.52. The van der Waals surface area contributed by atoms with Crippen LogP contribution in [-0.4, -0.2) is 60.4 Å². The first kappa shape index (κ1) is 18.5. The average molecular weight is 373 g/mol. The Bertz CT molecular complexity index is 646. The third kappa shape index (κ3) is 5.09. The second-order valence-electron chi connectivity index (χ2n) is 5.42. The number of nitrogens with zero attached hydrogens (tertiary/aromatic N) is 2. The maximum Gasteiger partial charge on any atom is 0.318 e. The zero-order valence-corrected chi connectivity index (χ0v) is 14.4. The molecule has 3 N–H and O–H groups in total. The first-order valence-electron chi connectivity index (χ1n) is 7.43. The minimum Gasteiger partial charge on any atom is -0.351 e. The molecule has 0 bridgehead atoms. The summed E-state index contributed by atoms with van der Waals surface area (Å²) in [5, 5.41) is 2.84. The van der Waals surface area contributed by atoms with Gasteiger partial charge in [-0.3, -0.25) is 19.8 Å². The molecule has 130 valence electrons. The van der Waals surface area contributed by atoms with Crippen LogP contribution in [0.5, 0.6) is 0 Å². The highest BCUT2D eigenvalue weighted by molar-refractivity contribution is 6.36. The third-order valence-electron chi connectivity index (χ3n) is 3.74. The summed E-state index contributed by atoms with van der Waals surface area (Å²) in [6, 6.07) is 3.95. The molecule has 24 heavy (non-hydrogen) atoms. The maximum atomic E-state index is 12.5. The lowest BCUT2D eigenvalue weighted by molar-refractivity contribution is -0.120. The van der Waals surface area contributed by atoms with Gasteiger partial charge in [-0.05, 0) is 18.2 Å². The number of nitrogens with one attached hydrogen (secondary N) is 1. The Morgan fingerprint density at radius 1 is 1.12 bits per heavy atom. The summed E-state index contributed by atoms with van der Waals surface area (Å²) in [7, 11) is 0. The molecule has 1 aromatic rings. The topological polar surface area (TPSA) is 95.7 Å². The molecule has 0 atom stereocenters. The Hall–Kier alpha value is -1.83. The Morgan fingerprint density at radius 2 is 1.79 bits per heavy atom. The molecule has 1 aliphatic heterocycles. The summed E-state index contributed by atoms with van der Waals surface area (Å²) in [6.45, 7) is 2.86. The molecule has 1 aliphatic rings. The molecule has 4 amide bonds. The van der Waals surface area contributed by atoms with Gasteiger partial charge in [0.2, 0.25) is 5.91 Å². The molecule has 0 aromatic heterocycles. The van der Waals surface area contributed by atoms with E-state index in [1.807, 2.05) is 10.2 Å². The molecular weight excluding hydrogens is 355 g/mol. The molecule has 1 aromatic carbocycles. The first-order chi connectivity index (χ1) is 11.4. The molecule has 1 heterocycles. The molecule has 2 rings (SSSR count). The number of carbonyl (C=O) groups is 3. The number of rotatable bonds is 4. The fourth-order valence-corrected chi connectivity index (χ4v) is 2.96. The van der Waals surface area contributed by atoms with Gasteiger partial charge in [0.15, 0.2) is 0 Å². The number of benzene rings is 1. The van der Waals surface area contributed by atoms with E-state index in [0.29, 0.717) is 48.3 Å². The van der Waals surface area contributed by atoms with E-state index in [4.69, 9.17) is 28.9 Å². The van der Waals surface area contributed by atoms with E-state index in [9.17, 15) is 14.4 Å². The minimum absolute atomic E-state index is 0.136. The highest BCUT2D eigenvalue weighted by Gasteiger charge is 2.23. The number of nitrogens with two attached hydrogens (primary N) is 1. The summed E-state index contributed by atoms with van der Waals surface area (Å²) in [6.07, 6.45) is 0.180. The van der Waals surface area contributed by atoms with E-state index in [0.717, 1.165) is 0 Å². The lowest BCUT2D eigenvalue weighted by Gasteiger charge is -2.34. The second-order valence-corrected chi connectivity index (χ2v) is 6.26. The van der Waals surface area contributed by atoms with E-state index in [1.165, 1.54) is 0 Å². The second kappa shape index (κ2) is 8.32. The van der Waals surface area contributed by atoms with Crippen LogP contribution in [0.15, 0.2) is 18.2 Å². The van der Waals surface area contributed by atoms with Crippen LogP contribution in [0.1, 0.15) is 16.8 Å². The molecular formula is C15H18Cl2N4O3. The van der Waals surface area contributed by atoms with Crippen molar-refractivity contribution < 1.29 is 14.4 Å². The first-order valence-corrected chi connectivity index (χ1v) is 8.18. The normalized spacial score (nSPS) is 15.2. The highest BCUT2D eigenvalue weighted by Crippen LogP contribution is 2.22. The molecule has 7 nitrogen and oxygen atoms in total. The number of piperazine rings is 1. The van der Waals surface area contributed by atoms with Crippen LogP contribution in [0, 0.1) is 0 Å². The number of hydrogen-bond acceptors (Lipinski definition) is 4. The van der Waals surface area contributed by atoms with Gasteiger partial charge in [0.25, 0.3) is 5.91 Å². The lowest BCUT2D eigenvalue weighted by Crippen LogP contribution is -2.49. The van der Waals surface area contributed by atoms with E-state index in [-0.39, 0.29) is 12.3 Å². The van der Waals surface area contributed by atoms with Gasteiger partial charge in [-0.2, -0.15) is 0 Å². The SMILES string of the molecule is NC(=O)NC(=O)CCN1CCN(C(=O)c2ccc(Cl)cc2Cl)CC1. The van der Waals surface area contributed by atoms with Gasteiger partial charge in [-0.15, -0.1) is 0 Å². The molecule has 0 aliphatic carbocycles. The van der Waals surface area contributed by atoms with Gasteiger partial charge in [-0.25, -0.2) is 4.79 Å². The third-order valence-corrected chi connectivity index (χ3v) is 4.29. The standard InChI is InChI=1S/C15H18Cl2N4O3/c16-10-1-2-11(12(17)9-10)14(23)21-7-5-20(6-8-21)4-3-13(22)19-15(18)24/h1-2,9H,3-8H2,(H3,18,19,22,24). The van der Waals surface area contributed by atoms with E-state index < -0.39 is 11.9 Å². The fraction of sp³-hybridized carbons (Fsp3) is 0.400. The van der Waals surface area contributed by atoms with Crippen molar-refractivity contribution in [2.75, 3.05) is 32.7 Å². The number of primary amides is 1. The number of urea groups is 1. The van der Waals surface area contributed by atoms with Crippen molar-refractivity contribution in [1.82, 2.24) is 15.1 Å². The van der Waals surface area contributed by atoms with Crippen molar-refractivity contribution in [2.24, 2.45) is 5.73 Å². The van der Waals surface area contributed by atoms with Gasteiger partial charge in [0, 0.05) is 44.2 Å². The van der Waals surface area contributed by atoms with E-state index >= 15 is 0 Å². The summed E-state index contributed by atoms with van der Waals surface area (Å²) in [5.74, 6) is -0.545. The highest BCUT2D eigenvalue weighted by atomic mass is 35.5. The van der Waals surface area contributed by atoms with Crippen LogP contribution in [0.2, 0.25) is 10.0 Å². The Kier molecular flexibility index (Phi) is 6.42. The monoisotopic (exact) mass is 372 g/mol. The largest absolute Gasteiger partial charge is 0.351 e. The smallest absolute Gasteiger partial charge is 0.318 e. The molecule has 0 unspecified atom stereocenters. The molecule has 1 saturated heterocycles. The van der Waals surface area contributed by atoms with Gasteiger partial charge < -0.3 is 10.6 Å². The van der Waals surface area contributed by atoms with Gasteiger partial charge >= 0.3 is 6.03 Å². The zero-order chi connectivity index (χ0) is 17.7. The number of amides is 4. The maximum absolute atomic E-state index is 12.5. The van der Waals surface area contributed by atoms with Crippen LogP contribution in [0.3, 0.4) is 0 Å². The van der Waals surface area contributed by atoms with E-state index in [2.05, 4.69) is 0 Å². The molecule has 1 fully saturated rings. The van der Waals surface area contributed by atoms with Crippen molar-refractivity contribution in [3.63, 3.8) is 0 Å². The van der Waals surface area contributed by atoms with E-state index in [1.54, 1.807) is 23.1 Å². The van der Waals surface area contributed by atoms with Crippen LogP contribution >= 0.6 is 23.2 Å². The summed E-state index contributed by atoms with van der Waals surface area (Å²) in [5.41, 5.74) is 5.31. The van der Waals surface area contributed by atoms with Gasteiger partial charge in [0.05, 0.1) is 10.6 Å². The number of carbonyl (C=O) groups excluding carboxylic acids is 3. The predicted molar refractivity (Wildman–Crippen MR) is 91.1 cm³/mol.